The van der Waals surface area contributed by atoms with Crippen LogP contribution in [-0.4, -0.2) is 48.3 Å². The summed E-state index contributed by atoms with van der Waals surface area (Å²) >= 11 is 0. The molecular weight excluding hydrogens is 409 g/mol. The van der Waals surface area contributed by atoms with Gasteiger partial charge in [-0.1, -0.05) is 23.8 Å². The lowest BCUT2D eigenvalue weighted by Gasteiger charge is -2.35. The Hall–Kier alpha value is -3.48. The fourth-order valence-electron chi connectivity index (χ4n) is 3.82. The first kappa shape index (κ1) is 23.2. The average molecular weight is 438 g/mol. The number of carbonyl (C=O) groups is 3. The number of amides is 3. The normalized spacial score (nSPS) is 15.0. The molecule has 0 aromatic heterocycles. The third-order valence-electron chi connectivity index (χ3n) is 5.69. The van der Waals surface area contributed by atoms with Crippen LogP contribution in [0.1, 0.15) is 39.1 Å². The van der Waals surface area contributed by atoms with Crippen molar-refractivity contribution in [2.24, 2.45) is 5.92 Å². The Morgan fingerprint density at radius 2 is 1.66 bits per heavy atom. The lowest BCUT2D eigenvalue weighted by molar-refractivity contribution is -0.124. The van der Waals surface area contributed by atoms with Crippen molar-refractivity contribution in [1.29, 1.82) is 0 Å². The van der Waals surface area contributed by atoms with Gasteiger partial charge in [-0.3, -0.25) is 14.4 Å². The maximum Gasteiger partial charge on any atom is 0.253 e. The van der Waals surface area contributed by atoms with Gasteiger partial charge < -0.3 is 15.5 Å². The third kappa shape index (κ3) is 5.81. The number of rotatable bonds is 7. The molecular formula is C25H28FN3O3. The predicted molar refractivity (Wildman–Crippen MR) is 121 cm³/mol. The Labute approximate surface area is 187 Å². The second-order valence-corrected chi connectivity index (χ2v) is 7.99. The van der Waals surface area contributed by atoms with E-state index in [4.69, 9.17) is 0 Å². The number of hydrogen-bond donors (Lipinski definition) is 2. The van der Waals surface area contributed by atoms with Crippen LogP contribution in [0.15, 0.2) is 61.2 Å². The van der Waals surface area contributed by atoms with E-state index < -0.39 is 17.8 Å². The molecule has 3 amide bonds. The highest BCUT2D eigenvalue weighted by molar-refractivity contribution is 5.97. The summed E-state index contributed by atoms with van der Waals surface area (Å²) in [5.74, 6) is -1.35. The van der Waals surface area contributed by atoms with E-state index in [9.17, 15) is 18.8 Å². The maximum absolute atomic E-state index is 13.2. The highest BCUT2D eigenvalue weighted by atomic mass is 19.1. The summed E-state index contributed by atoms with van der Waals surface area (Å²) in [5.41, 5.74) is 2.00. The average Bonchev–Trinajstić information content (AvgIpc) is 2.81. The van der Waals surface area contributed by atoms with Gasteiger partial charge in [0.1, 0.15) is 11.9 Å². The predicted octanol–water partition coefficient (Wildman–Crippen LogP) is 3.09. The van der Waals surface area contributed by atoms with Gasteiger partial charge in [0.25, 0.3) is 11.8 Å². The Kier molecular flexibility index (Phi) is 7.76. The number of benzene rings is 2. The molecule has 7 heteroatoms. The fourth-order valence-corrected chi connectivity index (χ4v) is 3.82. The van der Waals surface area contributed by atoms with Gasteiger partial charge in [-0.25, -0.2) is 4.39 Å². The second-order valence-electron chi connectivity index (χ2n) is 7.99. The zero-order valence-corrected chi connectivity index (χ0v) is 18.1. The molecule has 1 fully saturated rings. The first-order valence-electron chi connectivity index (χ1n) is 10.7. The summed E-state index contributed by atoms with van der Waals surface area (Å²) in [7, 11) is 0. The molecule has 3 rings (SSSR count). The van der Waals surface area contributed by atoms with Gasteiger partial charge in [-0.05, 0) is 62.1 Å². The van der Waals surface area contributed by atoms with Crippen LogP contribution in [0.4, 0.5) is 4.39 Å². The summed E-state index contributed by atoms with van der Waals surface area (Å²) in [6.07, 6.45) is 2.72. The van der Waals surface area contributed by atoms with Crippen LogP contribution in [0.3, 0.4) is 0 Å². The van der Waals surface area contributed by atoms with Crippen LogP contribution in [-0.2, 0) is 4.79 Å². The fraction of sp³-hybridized carbons (Fsp3) is 0.320. The molecule has 0 bridgehead atoms. The minimum absolute atomic E-state index is 0.0357. The quantitative estimate of drug-likeness (QED) is 0.654. The molecule has 1 aliphatic heterocycles. The number of halogens is 1. The van der Waals surface area contributed by atoms with E-state index in [0.717, 1.165) is 5.56 Å². The molecule has 0 aliphatic carbocycles. The SMILES string of the molecule is C=CCNC(=O)C(NC(=O)c1ccc(F)cc1)C1CCN(C(=O)c2ccc(C)cc2)CC1. The van der Waals surface area contributed by atoms with E-state index in [0.29, 0.717) is 31.5 Å². The Bertz CT molecular complexity index is 965. The lowest BCUT2D eigenvalue weighted by atomic mass is 9.88. The molecule has 2 aromatic carbocycles. The van der Waals surface area contributed by atoms with Crippen LogP contribution in [0.25, 0.3) is 0 Å². The van der Waals surface area contributed by atoms with Gasteiger partial charge in [-0.2, -0.15) is 0 Å². The number of piperidine rings is 1. The molecule has 2 N–H and O–H groups in total. The molecule has 6 nitrogen and oxygen atoms in total. The molecule has 2 aromatic rings. The zero-order chi connectivity index (χ0) is 23.1. The first-order chi connectivity index (χ1) is 15.4. The third-order valence-corrected chi connectivity index (χ3v) is 5.69. The van der Waals surface area contributed by atoms with Gasteiger partial charge in [0, 0.05) is 30.8 Å². The minimum atomic E-state index is -0.760. The van der Waals surface area contributed by atoms with E-state index in [1.807, 2.05) is 31.2 Å². The molecule has 32 heavy (non-hydrogen) atoms. The van der Waals surface area contributed by atoms with Crippen molar-refractivity contribution in [1.82, 2.24) is 15.5 Å². The molecule has 1 aliphatic rings. The van der Waals surface area contributed by atoms with Gasteiger partial charge >= 0.3 is 0 Å². The van der Waals surface area contributed by atoms with Gasteiger partial charge in [-0.15, -0.1) is 6.58 Å². The van der Waals surface area contributed by atoms with Crippen molar-refractivity contribution in [3.63, 3.8) is 0 Å². The highest BCUT2D eigenvalue weighted by Crippen LogP contribution is 2.23. The van der Waals surface area contributed by atoms with E-state index in [1.165, 1.54) is 24.3 Å². The van der Waals surface area contributed by atoms with Crippen molar-refractivity contribution >= 4 is 17.7 Å². The summed E-state index contributed by atoms with van der Waals surface area (Å²) in [6.45, 7) is 6.85. The van der Waals surface area contributed by atoms with Crippen LogP contribution >= 0.6 is 0 Å². The first-order valence-corrected chi connectivity index (χ1v) is 10.7. The van der Waals surface area contributed by atoms with E-state index in [1.54, 1.807) is 11.0 Å². The molecule has 1 heterocycles. The number of aryl methyl sites for hydroxylation is 1. The molecule has 0 spiro atoms. The maximum atomic E-state index is 13.2. The van der Waals surface area contributed by atoms with Crippen LogP contribution in [0.5, 0.6) is 0 Å². The van der Waals surface area contributed by atoms with Gasteiger partial charge in [0.15, 0.2) is 0 Å². The van der Waals surface area contributed by atoms with Gasteiger partial charge in [0.05, 0.1) is 0 Å². The summed E-state index contributed by atoms with van der Waals surface area (Å²) in [6, 6.07) is 11.9. The number of hydrogen-bond acceptors (Lipinski definition) is 3. The number of nitrogens with one attached hydrogen (secondary N) is 2. The largest absolute Gasteiger partial charge is 0.351 e. The van der Waals surface area contributed by atoms with Gasteiger partial charge in [0.2, 0.25) is 5.91 Å². The zero-order valence-electron chi connectivity index (χ0n) is 18.1. The van der Waals surface area contributed by atoms with Crippen LogP contribution in [0, 0.1) is 18.7 Å². The Morgan fingerprint density at radius 1 is 1.06 bits per heavy atom. The van der Waals surface area contributed by atoms with Crippen molar-refractivity contribution in [2.45, 2.75) is 25.8 Å². The minimum Gasteiger partial charge on any atom is -0.351 e. The Balaban J connectivity index is 1.67. The summed E-state index contributed by atoms with van der Waals surface area (Å²) in [4.78, 5) is 40.0. The Morgan fingerprint density at radius 3 is 2.25 bits per heavy atom. The van der Waals surface area contributed by atoms with Crippen molar-refractivity contribution in [2.75, 3.05) is 19.6 Å². The molecule has 0 radical (unpaired) electrons. The second kappa shape index (κ2) is 10.7. The summed E-state index contributed by atoms with van der Waals surface area (Å²) < 4.78 is 13.2. The smallest absolute Gasteiger partial charge is 0.253 e. The molecule has 1 saturated heterocycles. The highest BCUT2D eigenvalue weighted by Gasteiger charge is 2.34. The lowest BCUT2D eigenvalue weighted by Crippen LogP contribution is -2.53. The molecule has 1 unspecified atom stereocenters. The van der Waals surface area contributed by atoms with Crippen molar-refractivity contribution in [3.8, 4) is 0 Å². The topological polar surface area (TPSA) is 78.5 Å². The summed E-state index contributed by atoms with van der Waals surface area (Å²) in [5, 5.41) is 5.55. The van der Waals surface area contributed by atoms with Crippen molar-refractivity contribution < 1.29 is 18.8 Å². The van der Waals surface area contributed by atoms with Crippen LogP contribution in [0.2, 0.25) is 0 Å². The number of nitrogens with zero attached hydrogens (tertiary/aromatic N) is 1. The van der Waals surface area contributed by atoms with E-state index in [2.05, 4.69) is 17.2 Å². The van der Waals surface area contributed by atoms with Crippen molar-refractivity contribution in [3.05, 3.63) is 83.7 Å². The molecule has 0 saturated carbocycles. The van der Waals surface area contributed by atoms with E-state index >= 15 is 0 Å². The molecule has 1 atom stereocenters. The molecule has 168 valence electrons. The monoisotopic (exact) mass is 437 g/mol. The van der Waals surface area contributed by atoms with Crippen LogP contribution < -0.4 is 10.6 Å². The standard InChI is InChI=1S/C25H28FN3O3/c1-3-14-27-24(31)22(28-23(30)19-8-10-21(26)11-9-19)18-12-15-29(16-13-18)25(32)20-6-4-17(2)5-7-20/h3-11,18,22H,1,12-16H2,2H3,(H,27,31)(H,28,30). The van der Waals surface area contributed by atoms with E-state index in [-0.39, 0.29) is 29.8 Å². The number of carbonyl (C=O) groups excluding carboxylic acids is 3. The number of likely N-dealkylation sites (tertiary alicyclic amines) is 1.